The molecule has 1 aromatic carbocycles. The van der Waals surface area contributed by atoms with Crippen LogP contribution in [0.5, 0.6) is 0 Å². The molecule has 0 bridgehead atoms. The molecular formula is C18H29N3O3. The number of rotatable bonds is 7. The largest absolute Gasteiger partial charge is 0.378 e. The highest BCUT2D eigenvalue weighted by atomic mass is 16.6. The van der Waals surface area contributed by atoms with Crippen LogP contribution in [0.1, 0.15) is 31.7 Å². The van der Waals surface area contributed by atoms with E-state index in [-0.39, 0.29) is 29.6 Å². The summed E-state index contributed by atoms with van der Waals surface area (Å²) in [5.41, 5.74) is 2.15. The summed E-state index contributed by atoms with van der Waals surface area (Å²) in [6.45, 7) is 6.81. The summed E-state index contributed by atoms with van der Waals surface area (Å²) in [5, 5.41) is 11.1. The second kappa shape index (κ2) is 8.44. The van der Waals surface area contributed by atoms with Gasteiger partial charge in [0, 0.05) is 43.7 Å². The first-order valence-corrected chi connectivity index (χ1v) is 8.62. The molecule has 0 unspecified atom stereocenters. The third-order valence-corrected chi connectivity index (χ3v) is 4.54. The number of ether oxygens (including phenoxy) is 1. The van der Waals surface area contributed by atoms with Crippen LogP contribution in [0.4, 0.5) is 5.69 Å². The van der Waals surface area contributed by atoms with Crippen LogP contribution in [-0.2, 0) is 4.74 Å². The highest BCUT2D eigenvalue weighted by Crippen LogP contribution is 2.24. The van der Waals surface area contributed by atoms with Gasteiger partial charge in [-0.2, -0.15) is 0 Å². The fraction of sp³-hybridized carbons (Fsp3) is 0.667. The standard InChI is InChI=1S/C18H29N3O3/c1-14-11-20(12-15(2)24-14)10-9-17(13-21(22)23)16-5-7-18(8-6-16)19(3)4/h5-8,14-15,17H,9-13H2,1-4H3/t14-,15-,17+/m1/s1. The minimum absolute atomic E-state index is 0.0171. The molecule has 0 spiro atoms. The van der Waals surface area contributed by atoms with Gasteiger partial charge in [-0.3, -0.25) is 15.0 Å². The number of morpholine rings is 1. The molecule has 134 valence electrons. The lowest BCUT2D eigenvalue weighted by molar-refractivity contribution is -0.483. The molecule has 24 heavy (non-hydrogen) atoms. The molecule has 6 nitrogen and oxygen atoms in total. The quantitative estimate of drug-likeness (QED) is 0.566. The molecule has 1 aromatic rings. The Bertz CT molecular complexity index is 523. The van der Waals surface area contributed by atoms with Gasteiger partial charge in [0.05, 0.1) is 12.2 Å². The zero-order valence-electron chi connectivity index (χ0n) is 15.1. The summed E-state index contributed by atoms with van der Waals surface area (Å²) in [6, 6.07) is 8.10. The van der Waals surface area contributed by atoms with Gasteiger partial charge in [-0.15, -0.1) is 0 Å². The molecule has 2 rings (SSSR count). The zero-order chi connectivity index (χ0) is 17.7. The predicted molar refractivity (Wildman–Crippen MR) is 96.4 cm³/mol. The van der Waals surface area contributed by atoms with Crippen LogP contribution in [0.2, 0.25) is 0 Å². The Labute approximate surface area is 144 Å². The molecule has 1 aliphatic heterocycles. The van der Waals surface area contributed by atoms with Crippen molar-refractivity contribution in [3.05, 3.63) is 39.9 Å². The van der Waals surface area contributed by atoms with E-state index >= 15 is 0 Å². The van der Waals surface area contributed by atoms with Crippen LogP contribution >= 0.6 is 0 Å². The summed E-state index contributed by atoms with van der Waals surface area (Å²) in [5.74, 6) is -0.0512. The maximum absolute atomic E-state index is 11.1. The Kier molecular flexibility index (Phi) is 6.57. The van der Waals surface area contributed by atoms with E-state index < -0.39 is 0 Å². The highest BCUT2D eigenvalue weighted by molar-refractivity contribution is 5.46. The zero-order valence-corrected chi connectivity index (χ0v) is 15.1. The predicted octanol–water partition coefficient (Wildman–Crippen LogP) is 2.61. The molecule has 1 heterocycles. The number of nitrogens with zero attached hydrogens (tertiary/aromatic N) is 3. The lowest BCUT2D eigenvalue weighted by atomic mass is 9.95. The van der Waals surface area contributed by atoms with Gasteiger partial charge in [-0.25, -0.2) is 0 Å². The normalized spacial score (nSPS) is 23.0. The molecule has 0 N–H and O–H groups in total. The smallest absolute Gasteiger partial charge is 0.210 e. The average molecular weight is 335 g/mol. The molecule has 1 aliphatic rings. The van der Waals surface area contributed by atoms with E-state index in [0.29, 0.717) is 0 Å². The first kappa shape index (κ1) is 18.7. The Hall–Kier alpha value is -1.66. The summed E-state index contributed by atoms with van der Waals surface area (Å²) in [7, 11) is 3.98. The number of benzene rings is 1. The van der Waals surface area contributed by atoms with Gasteiger partial charge in [0.25, 0.3) is 0 Å². The van der Waals surface area contributed by atoms with Crippen LogP contribution in [0.25, 0.3) is 0 Å². The van der Waals surface area contributed by atoms with Gasteiger partial charge in [0.1, 0.15) is 0 Å². The maximum atomic E-state index is 11.1. The summed E-state index contributed by atoms with van der Waals surface area (Å²) < 4.78 is 5.75. The van der Waals surface area contributed by atoms with Crippen molar-refractivity contribution in [3.63, 3.8) is 0 Å². The molecule has 1 saturated heterocycles. The lowest BCUT2D eigenvalue weighted by Gasteiger charge is -2.35. The van der Waals surface area contributed by atoms with Crippen LogP contribution in [0.15, 0.2) is 24.3 Å². The number of nitro groups is 1. The van der Waals surface area contributed by atoms with E-state index in [0.717, 1.165) is 37.3 Å². The van der Waals surface area contributed by atoms with Gasteiger partial charge in [-0.05, 0) is 44.5 Å². The molecule has 0 radical (unpaired) electrons. The fourth-order valence-electron chi connectivity index (χ4n) is 3.39. The van der Waals surface area contributed by atoms with E-state index in [9.17, 15) is 10.1 Å². The van der Waals surface area contributed by atoms with Gasteiger partial charge in [0.2, 0.25) is 6.54 Å². The highest BCUT2D eigenvalue weighted by Gasteiger charge is 2.24. The molecule has 0 aromatic heterocycles. The van der Waals surface area contributed by atoms with Crippen molar-refractivity contribution in [2.24, 2.45) is 0 Å². The summed E-state index contributed by atoms with van der Waals surface area (Å²) in [4.78, 5) is 15.3. The number of hydrogen-bond acceptors (Lipinski definition) is 5. The van der Waals surface area contributed by atoms with Crippen molar-refractivity contribution >= 4 is 5.69 Å². The maximum Gasteiger partial charge on any atom is 0.210 e. The van der Waals surface area contributed by atoms with Gasteiger partial charge in [0.15, 0.2) is 0 Å². The lowest BCUT2D eigenvalue weighted by Crippen LogP contribution is -2.46. The number of anilines is 1. The minimum atomic E-state index is -0.199. The Morgan fingerprint density at radius 1 is 1.25 bits per heavy atom. The fourth-order valence-corrected chi connectivity index (χ4v) is 3.39. The SMILES string of the molecule is C[C@@H]1CN(CC[C@@H](C[N+](=O)[O-])c2ccc(N(C)C)cc2)C[C@@H](C)O1. The molecule has 0 aliphatic carbocycles. The third kappa shape index (κ3) is 5.46. The Morgan fingerprint density at radius 2 is 1.83 bits per heavy atom. The Balaban J connectivity index is 2.01. The average Bonchev–Trinajstić information content (AvgIpc) is 2.50. The Morgan fingerprint density at radius 3 is 2.33 bits per heavy atom. The van der Waals surface area contributed by atoms with Gasteiger partial charge >= 0.3 is 0 Å². The van der Waals surface area contributed by atoms with E-state index in [1.165, 1.54) is 0 Å². The third-order valence-electron chi connectivity index (χ3n) is 4.54. The molecule has 0 amide bonds. The van der Waals surface area contributed by atoms with E-state index in [4.69, 9.17) is 4.74 Å². The van der Waals surface area contributed by atoms with E-state index in [2.05, 4.69) is 18.7 Å². The first-order valence-electron chi connectivity index (χ1n) is 8.62. The van der Waals surface area contributed by atoms with Crippen LogP contribution in [0.3, 0.4) is 0 Å². The second-order valence-electron chi connectivity index (χ2n) is 7.00. The first-order chi connectivity index (χ1) is 11.3. The molecule has 0 saturated carbocycles. The van der Waals surface area contributed by atoms with E-state index in [1.807, 2.05) is 43.3 Å². The monoisotopic (exact) mass is 335 g/mol. The van der Waals surface area contributed by atoms with Gasteiger partial charge in [-0.1, -0.05) is 12.1 Å². The van der Waals surface area contributed by atoms with Crippen molar-refractivity contribution < 1.29 is 9.66 Å². The summed E-state index contributed by atoms with van der Waals surface area (Å²) >= 11 is 0. The van der Waals surface area contributed by atoms with Crippen molar-refractivity contribution in [1.29, 1.82) is 0 Å². The van der Waals surface area contributed by atoms with Crippen molar-refractivity contribution in [2.45, 2.75) is 38.4 Å². The second-order valence-corrected chi connectivity index (χ2v) is 7.00. The van der Waals surface area contributed by atoms with Crippen LogP contribution < -0.4 is 4.90 Å². The van der Waals surface area contributed by atoms with Gasteiger partial charge < -0.3 is 9.64 Å². The molecule has 6 heteroatoms. The molecular weight excluding hydrogens is 306 g/mol. The molecule has 1 fully saturated rings. The minimum Gasteiger partial charge on any atom is -0.378 e. The molecule has 3 atom stereocenters. The van der Waals surface area contributed by atoms with E-state index in [1.54, 1.807) is 0 Å². The number of hydrogen-bond donors (Lipinski definition) is 0. The van der Waals surface area contributed by atoms with Crippen molar-refractivity contribution in [1.82, 2.24) is 4.90 Å². The summed E-state index contributed by atoms with van der Waals surface area (Å²) in [6.07, 6.45) is 1.24. The van der Waals surface area contributed by atoms with Crippen LogP contribution in [0, 0.1) is 10.1 Å². The topological polar surface area (TPSA) is 58.8 Å². The van der Waals surface area contributed by atoms with Crippen molar-refractivity contribution in [3.8, 4) is 0 Å². The van der Waals surface area contributed by atoms with Crippen molar-refractivity contribution in [2.75, 3.05) is 45.2 Å². The van der Waals surface area contributed by atoms with Crippen LogP contribution in [-0.4, -0.2) is 62.3 Å².